The molecule has 1 aliphatic carbocycles. The molecular formula is C12H23NO3S. The summed E-state index contributed by atoms with van der Waals surface area (Å²) in [4.78, 5) is 0. The van der Waals surface area contributed by atoms with Gasteiger partial charge in [-0.2, -0.15) is 0 Å². The molecule has 1 saturated heterocycles. The fourth-order valence-electron chi connectivity index (χ4n) is 3.07. The fourth-order valence-corrected chi connectivity index (χ4v) is 5.13. The van der Waals surface area contributed by atoms with Crippen molar-refractivity contribution in [3.05, 3.63) is 0 Å². The summed E-state index contributed by atoms with van der Waals surface area (Å²) in [5.41, 5.74) is 5.97. The maximum Gasteiger partial charge on any atom is 0.155 e. The Morgan fingerprint density at radius 3 is 2.59 bits per heavy atom. The van der Waals surface area contributed by atoms with Crippen LogP contribution in [-0.2, 0) is 14.6 Å². The molecule has 4 nitrogen and oxygen atoms in total. The molecule has 2 fully saturated rings. The molecule has 5 heteroatoms. The molecule has 100 valence electrons. The molecule has 4 atom stereocenters. The third-order valence-corrected chi connectivity index (χ3v) is 6.61. The van der Waals surface area contributed by atoms with E-state index in [4.69, 9.17) is 10.5 Å². The summed E-state index contributed by atoms with van der Waals surface area (Å²) in [6.45, 7) is 2.44. The second kappa shape index (κ2) is 5.24. The van der Waals surface area contributed by atoms with Crippen LogP contribution in [0.4, 0.5) is 0 Å². The fraction of sp³-hybridized carbons (Fsp3) is 1.00. The largest absolute Gasteiger partial charge is 0.377 e. The molecule has 4 unspecified atom stereocenters. The molecule has 0 spiro atoms. The first-order chi connectivity index (χ1) is 8.00. The third kappa shape index (κ3) is 3.01. The van der Waals surface area contributed by atoms with E-state index in [0.29, 0.717) is 18.9 Å². The molecule has 2 aliphatic rings. The van der Waals surface area contributed by atoms with E-state index < -0.39 is 9.84 Å². The average molecular weight is 261 g/mol. The number of rotatable bonds is 4. The number of ether oxygens (including phenoxy) is 1. The topological polar surface area (TPSA) is 69.4 Å². The maximum absolute atomic E-state index is 12.2. The van der Waals surface area contributed by atoms with Crippen molar-refractivity contribution in [2.45, 2.75) is 56.4 Å². The Kier molecular flexibility index (Phi) is 4.10. The second-order valence-electron chi connectivity index (χ2n) is 5.41. The van der Waals surface area contributed by atoms with Gasteiger partial charge in [0.2, 0.25) is 0 Å². The van der Waals surface area contributed by atoms with E-state index in [1.54, 1.807) is 0 Å². The molecule has 0 radical (unpaired) electrons. The van der Waals surface area contributed by atoms with Crippen LogP contribution >= 0.6 is 0 Å². The van der Waals surface area contributed by atoms with E-state index in [2.05, 4.69) is 0 Å². The number of nitrogens with two attached hydrogens (primary N) is 1. The van der Waals surface area contributed by atoms with Gasteiger partial charge in [-0.05, 0) is 38.5 Å². The molecule has 0 aromatic carbocycles. The summed E-state index contributed by atoms with van der Waals surface area (Å²) < 4.78 is 29.7. The highest BCUT2D eigenvalue weighted by Gasteiger charge is 2.36. The zero-order chi connectivity index (χ0) is 12.5. The minimum Gasteiger partial charge on any atom is -0.377 e. The van der Waals surface area contributed by atoms with Crippen LogP contribution in [0.2, 0.25) is 0 Å². The molecule has 2 rings (SSSR count). The lowest BCUT2D eigenvalue weighted by atomic mass is 10.0. The van der Waals surface area contributed by atoms with E-state index >= 15 is 0 Å². The van der Waals surface area contributed by atoms with Crippen LogP contribution in [0.5, 0.6) is 0 Å². The summed E-state index contributed by atoms with van der Waals surface area (Å²) in [7, 11) is -3.00. The molecule has 1 heterocycles. The SMILES string of the molecule is CC1OCCC1S(=O)(=O)CCC1CCCC1N. The van der Waals surface area contributed by atoms with E-state index in [0.717, 1.165) is 25.7 Å². The van der Waals surface area contributed by atoms with E-state index in [1.807, 2.05) is 6.92 Å². The maximum atomic E-state index is 12.2. The Balaban J connectivity index is 1.89. The quantitative estimate of drug-likeness (QED) is 0.822. The lowest BCUT2D eigenvalue weighted by molar-refractivity contribution is 0.126. The van der Waals surface area contributed by atoms with Gasteiger partial charge in [-0.3, -0.25) is 0 Å². The minimum atomic E-state index is -3.00. The molecule has 0 bridgehead atoms. The predicted octanol–water partition coefficient (Wildman–Crippen LogP) is 1.10. The Morgan fingerprint density at radius 1 is 1.29 bits per heavy atom. The van der Waals surface area contributed by atoms with Gasteiger partial charge in [-0.25, -0.2) is 8.42 Å². The Bertz CT molecular complexity index is 355. The van der Waals surface area contributed by atoms with Crippen molar-refractivity contribution in [3.63, 3.8) is 0 Å². The zero-order valence-corrected chi connectivity index (χ0v) is 11.3. The van der Waals surface area contributed by atoms with Crippen molar-refractivity contribution in [3.8, 4) is 0 Å². The van der Waals surface area contributed by atoms with E-state index in [-0.39, 0.29) is 23.1 Å². The van der Waals surface area contributed by atoms with Crippen molar-refractivity contribution in [2.75, 3.05) is 12.4 Å². The van der Waals surface area contributed by atoms with Crippen molar-refractivity contribution in [2.24, 2.45) is 11.7 Å². The highest BCUT2D eigenvalue weighted by molar-refractivity contribution is 7.92. The molecule has 0 aromatic heterocycles. The van der Waals surface area contributed by atoms with Crippen LogP contribution in [0.3, 0.4) is 0 Å². The molecule has 2 N–H and O–H groups in total. The summed E-state index contributed by atoms with van der Waals surface area (Å²) in [6.07, 6.45) is 4.53. The van der Waals surface area contributed by atoms with Gasteiger partial charge in [-0.15, -0.1) is 0 Å². The first kappa shape index (κ1) is 13.3. The Morgan fingerprint density at radius 2 is 2.06 bits per heavy atom. The summed E-state index contributed by atoms with van der Waals surface area (Å²) in [5, 5.41) is -0.292. The highest BCUT2D eigenvalue weighted by Crippen LogP contribution is 2.29. The van der Waals surface area contributed by atoms with Crippen molar-refractivity contribution in [1.82, 2.24) is 0 Å². The number of hydrogen-bond acceptors (Lipinski definition) is 4. The van der Waals surface area contributed by atoms with Crippen LogP contribution in [0, 0.1) is 5.92 Å². The molecule has 0 amide bonds. The average Bonchev–Trinajstić information content (AvgIpc) is 2.85. The number of hydrogen-bond donors (Lipinski definition) is 1. The smallest absolute Gasteiger partial charge is 0.155 e. The first-order valence-electron chi connectivity index (χ1n) is 6.59. The normalized spacial score (nSPS) is 38.7. The van der Waals surface area contributed by atoms with Gasteiger partial charge >= 0.3 is 0 Å². The van der Waals surface area contributed by atoms with Crippen LogP contribution in [0.25, 0.3) is 0 Å². The van der Waals surface area contributed by atoms with Gasteiger partial charge in [0.1, 0.15) is 0 Å². The van der Waals surface area contributed by atoms with Crippen LogP contribution in [-0.4, -0.2) is 38.2 Å². The van der Waals surface area contributed by atoms with Crippen LogP contribution in [0.15, 0.2) is 0 Å². The molecule has 1 saturated carbocycles. The molecule has 0 aromatic rings. The van der Waals surface area contributed by atoms with Gasteiger partial charge in [0, 0.05) is 12.6 Å². The summed E-state index contributed by atoms with van der Waals surface area (Å²) in [5.74, 6) is 0.686. The Labute approximate surface area is 104 Å². The van der Waals surface area contributed by atoms with Crippen LogP contribution in [0.1, 0.15) is 39.0 Å². The van der Waals surface area contributed by atoms with Crippen molar-refractivity contribution >= 4 is 9.84 Å². The van der Waals surface area contributed by atoms with Crippen molar-refractivity contribution < 1.29 is 13.2 Å². The summed E-state index contributed by atoms with van der Waals surface area (Å²) >= 11 is 0. The summed E-state index contributed by atoms with van der Waals surface area (Å²) in [6, 6.07) is 0.211. The first-order valence-corrected chi connectivity index (χ1v) is 8.31. The second-order valence-corrected chi connectivity index (χ2v) is 7.75. The van der Waals surface area contributed by atoms with Gasteiger partial charge in [0.25, 0.3) is 0 Å². The standard InChI is InChI=1S/C12H23NO3S/c1-9-12(5-7-16-9)17(14,15)8-6-10-3-2-4-11(10)13/h9-12H,2-8,13H2,1H3. The van der Waals surface area contributed by atoms with Gasteiger partial charge in [-0.1, -0.05) is 6.42 Å². The molecular weight excluding hydrogens is 238 g/mol. The highest BCUT2D eigenvalue weighted by atomic mass is 32.2. The van der Waals surface area contributed by atoms with E-state index in [1.165, 1.54) is 0 Å². The van der Waals surface area contributed by atoms with Gasteiger partial charge in [0.15, 0.2) is 9.84 Å². The van der Waals surface area contributed by atoms with E-state index in [9.17, 15) is 8.42 Å². The zero-order valence-electron chi connectivity index (χ0n) is 10.5. The lowest BCUT2D eigenvalue weighted by Gasteiger charge is -2.18. The van der Waals surface area contributed by atoms with Gasteiger partial charge in [0.05, 0.1) is 17.1 Å². The minimum absolute atomic E-state index is 0.141. The molecule has 17 heavy (non-hydrogen) atoms. The Hall–Kier alpha value is -0.130. The van der Waals surface area contributed by atoms with Gasteiger partial charge < -0.3 is 10.5 Å². The lowest BCUT2D eigenvalue weighted by Crippen LogP contribution is -2.32. The van der Waals surface area contributed by atoms with Crippen molar-refractivity contribution in [1.29, 1.82) is 0 Å². The monoisotopic (exact) mass is 261 g/mol. The third-order valence-electron chi connectivity index (χ3n) is 4.26. The number of sulfone groups is 1. The predicted molar refractivity (Wildman–Crippen MR) is 67.5 cm³/mol. The molecule has 1 aliphatic heterocycles. The van der Waals surface area contributed by atoms with Crippen LogP contribution < -0.4 is 5.73 Å².